The van der Waals surface area contributed by atoms with Crippen LogP contribution in [0.4, 0.5) is 8.78 Å². The third kappa shape index (κ3) is 5.04. The largest absolute Gasteiger partial charge is 0.488 e. The Morgan fingerprint density at radius 2 is 2.09 bits per heavy atom. The van der Waals surface area contributed by atoms with Gasteiger partial charge < -0.3 is 25.2 Å². The SMILES string of the molecule is CC(C)(O)c1cc2c(cc1F)COc1cc(CC(C#N)NC(=O)[C@@H]3CNCCCO3)c(F)cc1-2. The highest BCUT2D eigenvalue weighted by Gasteiger charge is 2.28. The minimum atomic E-state index is -1.41. The molecule has 0 aromatic heterocycles. The number of halogens is 2. The Labute approximate surface area is 196 Å². The smallest absolute Gasteiger partial charge is 0.251 e. The number of hydrogen-bond donors (Lipinski definition) is 3. The fourth-order valence-corrected chi connectivity index (χ4v) is 4.19. The number of hydrogen-bond acceptors (Lipinski definition) is 6. The zero-order valence-corrected chi connectivity index (χ0v) is 19.1. The van der Waals surface area contributed by atoms with E-state index in [1.807, 2.05) is 6.07 Å². The average molecular weight is 472 g/mol. The van der Waals surface area contributed by atoms with Crippen LogP contribution in [0.15, 0.2) is 24.3 Å². The Morgan fingerprint density at radius 1 is 1.29 bits per heavy atom. The maximum Gasteiger partial charge on any atom is 0.251 e. The number of fused-ring (bicyclic) bond motifs is 3. The van der Waals surface area contributed by atoms with Crippen molar-refractivity contribution in [3.63, 3.8) is 0 Å². The lowest BCUT2D eigenvalue weighted by molar-refractivity contribution is -0.132. The molecule has 7 nitrogen and oxygen atoms in total. The van der Waals surface area contributed by atoms with E-state index in [1.165, 1.54) is 38.1 Å². The van der Waals surface area contributed by atoms with Gasteiger partial charge in [0.15, 0.2) is 0 Å². The Kier molecular flexibility index (Phi) is 6.84. The fourth-order valence-electron chi connectivity index (χ4n) is 4.19. The summed E-state index contributed by atoms with van der Waals surface area (Å²) in [6.07, 6.45) is 0.0199. The Hall–Kier alpha value is -3.06. The van der Waals surface area contributed by atoms with Crippen LogP contribution in [0.3, 0.4) is 0 Å². The molecule has 2 aliphatic rings. The molecular weight excluding hydrogens is 444 g/mol. The van der Waals surface area contributed by atoms with Crippen molar-refractivity contribution in [1.29, 1.82) is 5.26 Å². The third-order valence-corrected chi connectivity index (χ3v) is 6.01. The van der Waals surface area contributed by atoms with Crippen LogP contribution in [-0.2, 0) is 28.2 Å². The summed E-state index contributed by atoms with van der Waals surface area (Å²) in [6.45, 7) is 4.58. The predicted octanol–water partition coefficient (Wildman–Crippen LogP) is 2.68. The van der Waals surface area contributed by atoms with Crippen LogP contribution in [-0.4, -0.2) is 42.9 Å². The standard InChI is InChI=1S/C25H27F2N3O4/c1-25(2,32)19-9-17-15(7-21(19)27)13-34-22-8-14(20(26)10-18(17)22)6-16(11-28)30-24(31)23-12-29-4-3-5-33-23/h7-10,16,23,29,32H,3-6,12-13H2,1-2H3,(H,30,31)/t16?,23-/m0/s1. The van der Waals surface area contributed by atoms with Gasteiger partial charge in [-0.05, 0) is 62.2 Å². The monoisotopic (exact) mass is 471 g/mol. The lowest BCUT2D eigenvalue weighted by Crippen LogP contribution is -2.46. The van der Waals surface area contributed by atoms with Gasteiger partial charge in [-0.3, -0.25) is 4.79 Å². The van der Waals surface area contributed by atoms with E-state index in [1.54, 1.807) is 0 Å². The second-order valence-corrected chi connectivity index (χ2v) is 9.09. The van der Waals surface area contributed by atoms with E-state index >= 15 is 4.39 Å². The number of aliphatic hydroxyl groups is 1. The summed E-state index contributed by atoms with van der Waals surface area (Å²) in [5.74, 6) is -1.18. The quantitative estimate of drug-likeness (QED) is 0.620. The molecule has 2 aromatic rings. The molecule has 2 aromatic carbocycles. The molecule has 0 saturated carbocycles. The summed E-state index contributed by atoms with van der Waals surface area (Å²) in [5, 5.41) is 25.6. The van der Waals surface area contributed by atoms with Crippen molar-refractivity contribution in [2.45, 2.75) is 51.0 Å². The van der Waals surface area contributed by atoms with Crippen molar-refractivity contribution in [3.05, 3.63) is 52.6 Å². The summed E-state index contributed by atoms with van der Waals surface area (Å²) in [7, 11) is 0. The van der Waals surface area contributed by atoms with E-state index in [2.05, 4.69) is 10.6 Å². The lowest BCUT2D eigenvalue weighted by Gasteiger charge is -2.26. The number of carbonyl (C=O) groups excluding carboxylic acids is 1. The maximum atomic E-state index is 15.1. The summed E-state index contributed by atoms with van der Waals surface area (Å²) in [4.78, 5) is 12.5. The van der Waals surface area contributed by atoms with Gasteiger partial charge in [0.2, 0.25) is 0 Å². The van der Waals surface area contributed by atoms with E-state index in [4.69, 9.17) is 9.47 Å². The highest BCUT2D eigenvalue weighted by atomic mass is 19.1. The molecule has 34 heavy (non-hydrogen) atoms. The lowest BCUT2D eigenvalue weighted by atomic mass is 9.88. The van der Waals surface area contributed by atoms with E-state index in [9.17, 15) is 19.6 Å². The highest BCUT2D eigenvalue weighted by Crippen LogP contribution is 2.41. The summed E-state index contributed by atoms with van der Waals surface area (Å²) in [5.41, 5.74) is 0.455. The highest BCUT2D eigenvalue weighted by molar-refractivity contribution is 5.82. The summed E-state index contributed by atoms with van der Waals surface area (Å²) >= 11 is 0. The van der Waals surface area contributed by atoms with Crippen molar-refractivity contribution >= 4 is 5.91 Å². The van der Waals surface area contributed by atoms with E-state index in [0.29, 0.717) is 35.6 Å². The molecule has 2 atom stereocenters. The zero-order chi connectivity index (χ0) is 24.5. The van der Waals surface area contributed by atoms with Gasteiger partial charge in [0.05, 0.1) is 11.7 Å². The topological polar surface area (TPSA) is 104 Å². The first-order valence-corrected chi connectivity index (χ1v) is 11.2. The molecule has 180 valence electrons. The molecule has 2 heterocycles. The number of benzene rings is 2. The van der Waals surface area contributed by atoms with Gasteiger partial charge >= 0.3 is 0 Å². The number of nitrogens with one attached hydrogen (secondary N) is 2. The first-order valence-electron chi connectivity index (χ1n) is 11.2. The van der Waals surface area contributed by atoms with Gasteiger partial charge in [-0.2, -0.15) is 5.26 Å². The van der Waals surface area contributed by atoms with E-state index in [0.717, 1.165) is 13.0 Å². The number of carbonyl (C=O) groups is 1. The minimum absolute atomic E-state index is 0.0595. The number of amides is 1. The molecular formula is C25H27F2N3O4. The maximum absolute atomic E-state index is 15.1. The molecule has 0 bridgehead atoms. The first kappa shape index (κ1) is 24.1. The van der Waals surface area contributed by atoms with Crippen LogP contribution in [0.1, 0.15) is 37.0 Å². The second kappa shape index (κ2) is 9.66. The molecule has 2 aliphatic heterocycles. The van der Waals surface area contributed by atoms with Crippen molar-refractivity contribution in [2.75, 3.05) is 19.7 Å². The van der Waals surface area contributed by atoms with Crippen LogP contribution in [0.2, 0.25) is 0 Å². The number of nitrogens with zero attached hydrogens (tertiary/aromatic N) is 1. The summed E-state index contributed by atoms with van der Waals surface area (Å²) in [6, 6.07) is 6.64. The zero-order valence-electron chi connectivity index (χ0n) is 19.1. The molecule has 3 N–H and O–H groups in total. The molecule has 1 saturated heterocycles. The molecule has 1 unspecified atom stereocenters. The molecule has 1 fully saturated rings. The summed E-state index contributed by atoms with van der Waals surface area (Å²) < 4.78 is 40.8. The van der Waals surface area contributed by atoms with Crippen LogP contribution in [0.25, 0.3) is 11.1 Å². The first-order chi connectivity index (χ1) is 16.2. The number of nitriles is 1. The van der Waals surface area contributed by atoms with Crippen molar-refractivity contribution in [3.8, 4) is 22.9 Å². The van der Waals surface area contributed by atoms with Crippen molar-refractivity contribution in [2.24, 2.45) is 0 Å². The average Bonchev–Trinajstić information content (AvgIpc) is 3.07. The van der Waals surface area contributed by atoms with Gasteiger partial charge in [0, 0.05) is 36.3 Å². The number of rotatable bonds is 5. The van der Waals surface area contributed by atoms with E-state index in [-0.39, 0.29) is 24.2 Å². The van der Waals surface area contributed by atoms with Crippen molar-refractivity contribution < 1.29 is 28.2 Å². The Balaban J connectivity index is 1.57. The predicted molar refractivity (Wildman–Crippen MR) is 120 cm³/mol. The normalized spacial score (nSPS) is 18.5. The van der Waals surface area contributed by atoms with Gasteiger partial charge in [0.25, 0.3) is 5.91 Å². The second-order valence-electron chi connectivity index (χ2n) is 9.09. The molecule has 9 heteroatoms. The third-order valence-electron chi connectivity index (χ3n) is 6.01. The van der Waals surface area contributed by atoms with Crippen LogP contribution < -0.4 is 15.4 Å². The van der Waals surface area contributed by atoms with Gasteiger partial charge in [-0.1, -0.05) is 0 Å². The molecule has 0 spiro atoms. The van der Waals surface area contributed by atoms with E-state index < -0.39 is 35.3 Å². The van der Waals surface area contributed by atoms with Crippen LogP contribution >= 0.6 is 0 Å². The Bertz CT molecular complexity index is 1130. The molecule has 0 radical (unpaired) electrons. The number of ether oxygens (including phenoxy) is 2. The molecule has 4 rings (SSSR count). The van der Waals surface area contributed by atoms with Crippen LogP contribution in [0.5, 0.6) is 5.75 Å². The van der Waals surface area contributed by atoms with Gasteiger partial charge in [0.1, 0.15) is 36.1 Å². The Morgan fingerprint density at radius 3 is 2.82 bits per heavy atom. The molecule has 0 aliphatic carbocycles. The van der Waals surface area contributed by atoms with Crippen LogP contribution in [0, 0.1) is 23.0 Å². The van der Waals surface area contributed by atoms with Gasteiger partial charge in [-0.25, -0.2) is 8.78 Å². The van der Waals surface area contributed by atoms with Crippen molar-refractivity contribution in [1.82, 2.24) is 10.6 Å². The molecule has 1 amide bonds. The minimum Gasteiger partial charge on any atom is -0.488 e. The fraction of sp³-hybridized carbons (Fsp3) is 0.440. The van der Waals surface area contributed by atoms with Gasteiger partial charge in [-0.15, -0.1) is 0 Å².